The zero-order chi connectivity index (χ0) is 17.8. The van der Waals surface area contributed by atoms with E-state index < -0.39 is 0 Å². The average molecular weight is 374 g/mol. The Labute approximate surface area is 153 Å². The Bertz CT molecular complexity index is 856. The van der Waals surface area contributed by atoms with Crippen molar-refractivity contribution in [2.75, 3.05) is 5.32 Å². The molecule has 0 saturated heterocycles. The van der Waals surface area contributed by atoms with Gasteiger partial charge in [-0.05, 0) is 19.1 Å². The molecule has 1 N–H and O–H groups in total. The van der Waals surface area contributed by atoms with Crippen molar-refractivity contribution in [1.82, 2.24) is 15.2 Å². The zero-order valence-electron chi connectivity index (χ0n) is 14.1. The first-order chi connectivity index (χ1) is 12.0. The number of carbonyl (C=O) groups excluding carboxylic acids is 1. The molecule has 130 valence electrons. The van der Waals surface area contributed by atoms with Gasteiger partial charge in [-0.15, -0.1) is 21.5 Å². The van der Waals surface area contributed by atoms with Gasteiger partial charge < -0.3 is 4.74 Å². The van der Waals surface area contributed by atoms with Crippen LogP contribution in [-0.4, -0.2) is 21.1 Å². The Hall–Kier alpha value is -2.32. The summed E-state index contributed by atoms with van der Waals surface area (Å²) in [6, 6.07) is 7.81. The molecular weight excluding hydrogens is 356 g/mol. The molecule has 0 fully saturated rings. The topological polar surface area (TPSA) is 77.0 Å². The number of hydrogen-bond donors (Lipinski definition) is 1. The van der Waals surface area contributed by atoms with Crippen molar-refractivity contribution in [2.45, 2.75) is 33.3 Å². The summed E-state index contributed by atoms with van der Waals surface area (Å²) < 4.78 is 5.68. The van der Waals surface area contributed by atoms with E-state index in [-0.39, 0.29) is 11.8 Å². The molecule has 25 heavy (non-hydrogen) atoms. The molecule has 8 heteroatoms. The Morgan fingerprint density at radius 2 is 2.00 bits per heavy atom. The van der Waals surface area contributed by atoms with Gasteiger partial charge in [0, 0.05) is 11.3 Å². The molecule has 0 saturated carbocycles. The number of aryl methyl sites for hydroxylation is 1. The molecule has 0 unspecified atom stereocenters. The van der Waals surface area contributed by atoms with Crippen molar-refractivity contribution in [3.05, 3.63) is 50.9 Å². The Kier molecular flexibility index (Phi) is 5.40. The molecule has 1 aromatic carbocycles. The fourth-order valence-corrected chi connectivity index (χ4v) is 3.37. The minimum absolute atomic E-state index is 0.285. The molecule has 0 aliphatic heterocycles. The first-order valence-corrected chi connectivity index (χ1v) is 9.49. The average Bonchev–Trinajstić information content (AvgIpc) is 3.23. The van der Waals surface area contributed by atoms with E-state index in [2.05, 4.69) is 20.5 Å². The molecule has 0 aliphatic rings. The third kappa shape index (κ3) is 4.61. The Balaban J connectivity index is 1.58. The van der Waals surface area contributed by atoms with Crippen LogP contribution in [0.4, 0.5) is 5.13 Å². The highest BCUT2D eigenvalue weighted by atomic mass is 32.1. The minimum Gasteiger partial charge on any atom is -0.486 e. The van der Waals surface area contributed by atoms with Crippen LogP contribution in [0.5, 0.6) is 5.75 Å². The summed E-state index contributed by atoms with van der Waals surface area (Å²) in [7, 11) is 0. The van der Waals surface area contributed by atoms with Crippen LogP contribution in [0.2, 0.25) is 0 Å². The summed E-state index contributed by atoms with van der Waals surface area (Å²) in [6.07, 6.45) is 0. The largest absolute Gasteiger partial charge is 0.486 e. The number of anilines is 1. The van der Waals surface area contributed by atoms with Gasteiger partial charge >= 0.3 is 0 Å². The monoisotopic (exact) mass is 374 g/mol. The summed E-state index contributed by atoms with van der Waals surface area (Å²) >= 11 is 2.77. The van der Waals surface area contributed by atoms with Gasteiger partial charge in [-0.2, -0.15) is 0 Å². The fourth-order valence-electron chi connectivity index (χ4n) is 1.94. The van der Waals surface area contributed by atoms with Crippen LogP contribution in [0.3, 0.4) is 0 Å². The zero-order valence-corrected chi connectivity index (χ0v) is 15.8. The van der Waals surface area contributed by atoms with E-state index in [0.29, 0.717) is 17.4 Å². The molecular formula is C17H18N4O2S2. The van der Waals surface area contributed by atoms with E-state index in [4.69, 9.17) is 4.74 Å². The lowest BCUT2D eigenvalue weighted by molar-refractivity contribution is 0.102. The molecule has 6 nitrogen and oxygen atoms in total. The SMILES string of the molecule is Cc1ccc(OCc2nc(C(=O)Nc3nnc(C(C)C)s3)cs2)cc1. The molecule has 0 bridgehead atoms. The maximum absolute atomic E-state index is 12.2. The highest BCUT2D eigenvalue weighted by Gasteiger charge is 2.15. The predicted octanol–water partition coefficient (Wildman–Crippen LogP) is 4.26. The van der Waals surface area contributed by atoms with Crippen LogP contribution in [0.25, 0.3) is 0 Å². The number of hydrogen-bond acceptors (Lipinski definition) is 7. The van der Waals surface area contributed by atoms with Gasteiger partial charge in [0.15, 0.2) is 0 Å². The number of ether oxygens (including phenoxy) is 1. The van der Waals surface area contributed by atoms with Crippen molar-refractivity contribution < 1.29 is 9.53 Å². The smallest absolute Gasteiger partial charge is 0.276 e. The fraction of sp³-hybridized carbons (Fsp3) is 0.294. The van der Waals surface area contributed by atoms with Crippen LogP contribution in [0.15, 0.2) is 29.6 Å². The van der Waals surface area contributed by atoms with E-state index in [1.807, 2.05) is 45.0 Å². The van der Waals surface area contributed by atoms with Gasteiger partial charge in [0.1, 0.15) is 28.1 Å². The Morgan fingerprint density at radius 1 is 1.24 bits per heavy atom. The van der Waals surface area contributed by atoms with Crippen molar-refractivity contribution in [3.8, 4) is 5.75 Å². The lowest BCUT2D eigenvalue weighted by Gasteiger charge is -2.03. The maximum atomic E-state index is 12.2. The van der Waals surface area contributed by atoms with E-state index in [9.17, 15) is 4.79 Å². The second-order valence-electron chi connectivity index (χ2n) is 5.78. The molecule has 2 heterocycles. The van der Waals surface area contributed by atoms with Crippen LogP contribution in [-0.2, 0) is 6.61 Å². The number of aromatic nitrogens is 3. The molecule has 2 aromatic heterocycles. The summed E-state index contributed by atoms with van der Waals surface area (Å²) in [5, 5.41) is 14.6. The highest BCUT2D eigenvalue weighted by Crippen LogP contribution is 2.23. The van der Waals surface area contributed by atoms with Crippen molar-refractivity contribution in [3.63, 3.8) is 0 Å². The van der Waals surface area contributed by atoms with Gasteiger partial charge in [-0.3, -0.25) is 10.1 Å². The normalized spacial score (nSPS) is 10.9. The predicted molar refractivity (Wildman–Crippen MR) is 99.6 cm³/mol. The second kappa shape index (κ2) is 7.71. The summed E-state index contributed by atoms with van der Waals surface area (Å²) in [4.78, 5) is 16.6. The van der Waals surface area contributed by atoms with Gasteiger partial charge in [-0.1, -0.05) is 42.9 Å². The number of nitrogens with one attached hydrogen (secondary N) is 1. The molecule has 1 amide bonds. The second-order valence-corrected chi connectivity index (χ2v) is 7.73. The lowest BCUT2D eigenvalue weighted by atomic mass is 10.2. The van der Waals surface area contributed by atoms with Crippen molar-refractivity contribution >= 4 is 33.7 Å². The number of amides is 1. The van der Waals surface area contributed by atoms with Gasteiger partial charge in [0.05, 0.1) is 0 Å². The van der Waals surface area contributed by atoms with Crippen LogP contribution in [0.1, 0.15) is 45.8 Å². The van der Waals surface area contributed by atoms with Crippen molar-refractivity contribution in [2.24, 2.45) is 0 Å². The van der Waals surface area contributed by atoms with E-state index in [1.165, 1.54) is 28.2 Å². The number of carbonyl (C=O) groups is 1. The Morgan fingerprint density at radius 3 is 2.68 bits per heavy atom. The number of thiazole rings is 1. The first kappa shape index (κ1) is 17.5. The van der Waals surface area contributed by atoms with E-state index in [0.717, 1.165) is 15.8 Å². The van der Waals surface area contributed by atoms with E-state index in [1.54, 1.807) is 5.38 Å². The van der Waals surface area contributed by atoms with Gasteiger partial charge in [0.2, 0.25) is 5.13 Å². The van der Waals surface area contributed by atoms with Gasteiger partial charge in [-0.25, -0.2) is 4.98 Å². The van der Waals surface area contributed by atoms with Crippen LogP contribution in [0, 0.1) is 6.92 Å². The third-order valence-electron chi connectivity index (χ3n) is 3.32. The molecule has 0 spiro atoms. The molecule has 0 radical (unpaired) electrons. The maximum Gasteiger partial charge on any atom is 0.276 e. The summed E-state index contributed by atoms with van der Waals surface area (Å²) in [5.74, 6) is 0.777. The highest BCUT2D eigenvalue weighted by molar-refractivity contribution is 7.15. The first-order valence-electron chi connectivity index (χ1n) is 7.80. The summed E-state index contributed by atoms with van der Waals surface area (Å²) in [6.45, 7) is 6.43. The van der Waals surface area contributed by atoms with Crippen LogP contribution >= 0.6 is 22.7 Å². The quantitative estimate of drug-likeness (QED) is 0.698. The minimum atomic E-state index is -0.288. The number of benzene rings is 1. The van der Waals surface area contributed by atoms with Crippen molar-refractivity contribution in [1.29, 1.82) is 0 Å². The molecule has 3 rings (SSSR count). The molecule has 0 atom stereocenters. The number of nitrogens with zero attached hydrogens (tertiary/aromatic N) is 3. The van der Waals surface area contributed by atoms with Gasteiger partial charge in [0.25, 0.3) is 5.91 Å². The van der Waals surface area contributed by atoms with Crippen LogP contribution < -0.4 is 10.1 Å². The lowest BCUT2D eigenvalue weighted by Crippen LogP contribution is -2.12. The van der Waals surface area contributed by atoms with E-state index >= 15 is 0 Å². The number of rotatable bonds is 6. The third-order valence-corrected chi connectivity index (χ3v) is 5.28. The molecule has 3 aromatic rings. The standard InChI is InChI=1S/C17H18N4O2S2/c1-10(2)16-20-21-17(25-16)19-15(22)13-9-24-14(18-13)8-23-12-6-4-11(3)5-7-12/h4-7,9-10H,8H2,1-3H3,(H,19,21,22). The summed E-state index contributed by atoms with van der Waals surface area (Å²) in [5.41, 5.74) is 1.53. The molecule has 0 aliphatic carbocycles.